The van der Waals surface area contributed by atoms with Gasteiger partial charge in [-0.1, -0.05) is 19.1 Å². The molecule has 13 heteroatoms. The number of fused-ring (bicyclic) bond motifs is 3. The van der Waals surface area contributed by atoms with E-state index in [4.69, 9.17) is 10.8 Å². The quantitative estimate of drug-likeness (QED) is 0.269. The van der Waals surface area contributed by atoms with Gasteiger partial charge in [0.2, 0.25) is 20.0 Å². The number of urea groups is 1. The Morgan fingerprint density at radius 3 is 1.84 bits per heavy atom. The number of nitrogens with zero attached hydrogens (tertiary/aromatic N) is 1. The number of carbonyl (C=O) groups excluding carboxylic acids is 1. The fraction of sp³-hybridized carbons (Fsp3) is 0.263. The van der Waals surface area contributed by atoms with Crippen molar-refractivity contribution in [2.45, 2.75) is 23.1 Å². The zero-order valence-corrected chi connectivity index (χ0v) is 18.8. The number of benzene rings is 2. The van der Waals surface area contributed by atoms with Gasteiger partial charge in [0.25, 0.3) is 0 Å². The van der Waals surface area contributed by atoms with E-state index >= 15 is 0 Å². The summed E-state index contributed by atoms with van der Waals surface area (Å²) in [4.78, 5) is 11.2. The minimum absolute atomic E-state index is 0.00161. The number of hydrazone groups is 1. The van der Waals surface area contributed by atoms with E-state index in [0.717, 1.165) is 0 Å². The number of aliphatic hydroxyl groups excluding tert-OH is 1. The molecule has 3 rings (SSSR count). The lowest BCUT2D eigenvalue weighted by Gasteiger charge is -2.08. The molecule has 0 saturated carbocycles. The van der Waals surface area contributed by atoms with Gasteiger partial charge in [-0.25, -0.2) is 36.5 Å². The lowest BCUT2D eigenvalue weighted by molar-refractivity contribution is 0.249. The van der Waals surface area contributed by atoms with Gasteiger partial charge in [0, 0.05) is 24.2 Å². The van der Waals surface area contributed by atoms with E-state index in [1.807, 2.05) is 6.92 Å². The van der Waals surface area contributed by atoms with E-state index in [0.29, 0.717) is 28.7 Å². The van der Waals surface area contributed by atoms with Gasteiger partial charge in [-0.3, -0.25) is 0 Å². The van der Waals surface area contributed by atoms with E-state index in [-0.39, 0.29) is 35.2 Å². The van der Waals surface area contributed by atoms with Crippen LogP contribution < -0.4 is 20.6 Å². The summed E-state index contributed by atoms with van der Waals surface area (Å²) in [5.41, 5.74) is 9.40. The van der Waals surface area contributed by atoms with Crippen LogP contribution in [0, 0.1) is 0 Å². The first kappa shape index (κ1) is 23.8. The number of rotatable bonds is 9. The van der Waals surface area contributed by atoms with Crippen LogP contribution in [0.3, 0.4) is 0 Å². The van der Waals surface area contributed by atoms with Crippen molar-refractivity contribution in [3.63, 3.8) is 0 Å². The van der Waals surface area contributed by atoms with Crippen molar-refractivity contribution in [2.75, 3.05) is 19.7 Å². The van der Waals surface area contributed by atoms with Crippen molar-refractivity contribution in [1.29, 1.82) is 0 Å². The summed E-state index contributed by atoms with van der Waals surface area (Å²) in [5.74, 6) is 0. The van der Waals surface area contributed by atoms with Crippen molar-refractivity contribution in [3.8, 4) is 11.1 Å². The van der Waals surface area contributed by atoms with Crippen molar-refractivity contribution in [2.24, 2.45) is 10.8 Å². The Morgan fingerprint density at radius 2 is 1.41 bits per heavy atom. The lowest BCUT2D eigenvalue weighted by Crippen LogP contribution is -2.27. The topological polar surface area (TPSA) is 180 Å². The third-order valence-electron chi connectivity index (χ3n) is 4.63. The Bertz CT molecular complexity index is 1200. The minimum Gasteiger partial charge on any atom is -0.395 e. The van der Waals surface area contributed by atoms with Crippen LogP contribution in [0.25, 0.3) is 11.1 Å². The summed E-state index contributed by atoms with van der Waals surface area (Å²) < 4.78 is 54.9. The fourth-order valence-electron chi connectivity index (χ4n) is 3.20. The van der Waals surface area contributed by atoms with Crippen LogP contribution in [0.2, 0.25) is 0 Å². The Labute approximate surface area is 185 Å². The molecular weight excluding hydrogens is 458 g/mol. The van der Waals surface area contributed by atoms with Gasteiger partial charge in [0.15, 0.2) is 0 Å². The average Bonchev–Trinajstić information content (AvgIpc) is 3.07. The van der Waals surface area contributed by atoms with Gasteiger partial charge < -0.3 is 10.8 Å². The number of carbonyl (C=O) groups is 1. The molecule has 0 heterocycles. The Hall–Kier alpha value is -2.84. The first-order valence-electron chi connectivity index (χ1n) is 9.63. The van der Waals surface area contributed by atoms with E-state index in [2.05, 4.69) is 20.0 Å². The molecule has 1 aliphatic carbocycles. The fourth-order valence-corrected chi connectivity index (χ4v) is 5.41. The molecule has 0 bridgehead atoms. The average molecular weight is 482 g/mol. The molecule has 11 nitrogen and oxygen atoms in total. The molecule has 0 radical (unpaired) electrons. The van der Waals surface area contributed by atoms with E-state index < -0.39 is 26.1 Å². The second-order valence-corrected chi connectivity index (χ2v) is 10.4. The molecule has 1 aliphatic rings. The SMILES string of the molecule is CCCNS(=O)(=O)c1ccc2c(c1)/C(=N/NC(N)=O)c1cc(S(=O)(=O)NCCO)ccc1-2. The summed E-state index contributed by atoms with van der Waals surface area (Å²) in [6.45, 7) is 1.58. The molecule has 0 atom stereocenters. The van der Waals surface area contributed by atoms with Gasteiger partial charge in [-0.2, -0.15) is 5.10 Å². The predicted octanol–water partition coefficient (Wildman–Crippen LogP) is 0.0466. The van der Waals surface area contributed by atoms with Gasteiger partial charge in [0.05, 0.1) is 22.1 Å². The van der Waals surface area contributed by atoms with E-state index in [1.54, 1.807) is 12.1 Å². The van der Waals surface area contributed by atoms with Crippen LogP contribution in [-0.4, -0.2) is 53.4 Å². The van der Waals surface area contributed by atoms with Crippen LogP contribution >= 0.6 is 0 Å². The molecular formula is C19H23N5O6S2. The van der Waals surface area contributed by atoms with Gasteiger partial charge >= 0.3 is 6.03 Å². The van der Waals surface area contributed by atoms with E-state index in [9.17, 15) is 21.6 Å². The van der Waals surface area contributed by atoms with Gasteiger partial charge in [-0.15, -0.1) is 0 Å². The number of aliphatic hydroxyl groups is 1. The number of amides is 2. The molecule has 6 N–H and O–H groups in total. The van der Waals surface area contributed by atoms with Crippen LogP contribution in [0.1, 0.15) is 24.5 Å². The maximum absolute atomic E-state index is 12.6. The minimum atomic E-state index is -3.91. The molecule has 2 amide bonds. The van der Waals surface area contributed by atoms with Crippen LogP contribution in [0.15, 0.2) is 51.3 Å². The van der Waals surface area contributed by atoms with Crippen molar-refractivity contribution in [3.05, 3.63) is 47.5 Å². The Kier molecular flexibility index (Phi) is 6.95. The molecule has 32 heavy (non-hydrogen) atoms. The maximum atomic E-state index is 12.6. The smallest absolute Gasteiger partial charge is 0.332 e. The number of sulfonamides is 2. The number of primary amides is 1. The Balaban J connectivity index is 2.14. The Morgan fingerprint density at radius 1 is 0.906 bits per heavy atom. The first-order chi connectivity index (χ1) is 15.1. The summed E-state index contributed by atoms with van der Waals surface area (Å²) in [6.07, 6.45) is 0.617. The summed E-state index contributed by atoms with van der Waals surface area (Å²) in [7, 11) is -7.68. The molecule has 0 saturated heterocycles. The molecule has 0 aromatic heterocycles. The molecule has 172 valence electrons. The normalized spacial score (nSPS) is 14.2. The highest BCUT2D eigenvalue weighted by atomic mass is 32.2. The monoisotopic (exact) mass is 481 g/mol. The second-order valence-electron chi connectivity index (χ2n) is 6.87. The molecule has 2 aromatic carbocycles. The molecule has 0 fully saturated rings. The van der Waals surface area contributed by atoms with Crippen LogP contribution in [0.4, 0.5) is 4.79 Å². The molecule has 0 aliphatic heterocycles. The standard InChI is InChI=1S/C19H23N5O6S2/c1-2-7-21-31(27,28)12-3-5-14-15-6-4-13(32(29,30)22-8-9-25)11-17(15)18(16(14)10-12)23-24-19(20)26/h3-6,10-11,21-22,25H,2,7-9H2,1H3,(H3,20,24,26)/b23-18-. The van der Waals surface area contributed by atoms with Crippen molar-refractivity contribution >= 4 is 31.8 Å². The second kappa shape index (κ2) is 9.34. The predicted molar refractivity (Wildman–Crippen MR) is 118 cm³/mol. The highest BCUT2D eigenvalue weighted by molar-refractivity contribution is 7.89. The first-order valence-corrected chi connectivity index (χ1v) is 12.6. The van der Waals surface area contributed by atoms with Crippen LogP contribution in [-0.2, 0) is 20.0 Å². The summed E-state index contributed by atoms with van der Waals surface area (Å²) >= 11 is 0. The number of nitrogens with one attached hydrogen (secondary N) is 3. The zero-order chi connectivity index (χ0) is 23.5. The zero-order valence-electron chi connectivity index (χ0n) is 17.1. The maximum Gasteiger partial charge on any atom is 0.332 e. The van der Waals surface area contributed by atoms with Crippen molar-refractivity contribution in [1.82, 2.24) is 14.9 Å². The lowest BCUT2D eigenvalue weighted by atomic mass is 10.1. The van der Waals surface area contributed by atoms with Gasteiger partial charge in [0.1, 0.15) is 0 Å². The number of nitrogens with two attached hydrogens (primary N) is 1. The molecule has 2 aromatic rings. The third-order valence-corrected chi connectivity index (χ3v) is 7.54. The van der Waals surface area contributed by atoms with Crippen molar-refractivity contribution < 1.29 is 26.7 Å². The number of hydrogen-bond donors (Lipinski definition) is 5. The largest absolute Gasteiger partial charge is 0.395 e. The van der Waals surface area contributed by atoms with Crippen LogP contribution in [0.5, 0.6) is 0 Å². The molecule has 0 unspecified atom stereocenters. The van der Waals surface area contributed by atoms with E-state index in [1.165, 1.54) is 24.3 Å². The summed E-state index contributed by atoms with van der Waals surface area (Å²) in [5, 5.41) is 12.9. The summed E-state index contributed by atoms with van der Waals surface area (Å²) in [6, 6.07) is 7.83. The third kappa shape index (κ3) is 4.81. The highest BCUT2D eigenvalue weighted by Gasteiger charge is 2.29. The molecule has 0 spiro atoms. The highest BCUT2D eigenvalue weighted by Crippen LogP contribution is 2.39. The van der Waals surface area contributed by atoms with Gasteiger partial charge in [-0.05, 0) is 41.8 Å². The number of hydrogen-bond acceptors (Lipinski definition) is 7.